The van der Waals surface area contributed by atoms with Crippen LogP contribution in [0.2, 0.25) is 19.4 Å². The molecule has 2 aliphatic rings. The second-order valence-corrected chi connectivity index (χ2v) is 22.8. The van der Waals surface area contributed by atoms with E-state index in [0.29, 0.717) is 41.4 Å². The maximum Gasteiger partial charge on any atom is 0.303 e. The van der Waals surface area contributed by atoms with Crippen molar-refractivity contribution in [3.63, 3.8) is 0 Å². The van der Waals surface area contributed by atoms with Gasteiger partial charge in [-0.3, -0.25) is 4.79 Å². The van der Waals surface area contributed by atoms with Gasteiger partial charge in [-0.05, 0) is 40.7 Å². The molecular formula is C44H58Cl2N12O8Sn. The van der Waals surface area contributed by atoms with Gasteiger partial charge in [-0.2, -0.15) is 29.3 Å². The van der Waals surface area contributed by atoms with Crippen molar-refractivity contribution in [1.82, 2.24) is 49.9 Å². The van der Waals surface area contributed by atoms with E-state index in [4.69, 9.17) is 37.4 Å². The fourth-order valence-electron chi connectivity index (χ4n) is 7.59. The van der Waals surface area contributed by atoms with E-state index in [1.807, 2.05) is 74.5 Å². The number of carbonyl (C=O) groups is 1. The van der Waals surface area contributed by atoms with Gasteiger partial charge in [0.25, 0.3) is 0 Å². The van der Waals surface area contributed by atoms with Crippen LogP contribution in [0.3, 0.4) is 0 Å². The largest absolute Gasteiger partial charge is 0.457 e. The first-order chi connectivity index (χ1) is 32.4. The number of hydrogen-bond acceptors (Lipinski definition) is 18. The zero-order chi connectivity index (χ0) is 48.0. The Hall–Kier alpha value is -4.55. The minimum absolute atomic E-state index is 0.00358. The summed E-state index contributed by atoms with van der Waals surface area (Å²) in [7, 11) is 0. The molecule has 2 aliphatic heterocycles. The quantitative estimate of drug-likeness (QED) is 0.0372. The molecule has 0 spiro atoms. The molecule has 23 heteroatoms. The van der Waals surface area contributed by atoms with Gasteiger partial charge in [-0.25, -0.2) is 0 Å². The van der Waals surface area contributed by atoms with Crippen LogP contribution in [0.25, 0.3) is 22.3 Å². The Balaban J connectivity index is 0.000000185. The molecule has 2 aromatic carbocycles. The second-order valence-electron chi connectivity index (χ2n) is 16.2. The van der Waals surface area contributed by atoms with Crippen LogP contribution in [0.5, 0.6) is 0 Å². The van der Waals surface area contributed by atoms with E-state index in [9.17, 15) is 23.2 Å². The Morgan fingerprint density at radius 1 is 0.746 bits per heavy atom. The average molecular weight is 1070 g/mol. The van der Waals surface area contributed by atoms with Crippen molar-refractivity contribution in [1.29, 1.82) is 0 Å². The van der Waals surface area contributed by atoms with Crippen LogP contribution in [0, 0.1) is 5.92 Å². The standard InChI is InChI=1S/C20H23ClN6O3.C16H17ClN6O4.2C4H9.O.Sn/c1-4-14-11(2)16(29-12(3)28)19(30-14)27-18-15(25-26-27)17(23-20(21)24-18)22-10-13-8-6-5-7-9-13;17-16-19-13(18-6-8-4-2-1-3-5-8)10-14(20-16)23(22-21-10)15-12(26)11(25)9(7-24)27-15;2*1-3-4-2;;/h5-9,11,14,16,19H,4,10H2,1-3H3,(H,22,23,24);1-5,9,11-12,15,24-26H,6-7H2,(H,18,19,20);2*1,3-4H2,2H3;;/t11-,14-,16-,19-;9-,11-,12-,15-;;;;/m11..../s1. The molecule has 20 nitrogen and oxygen atoms in total. The Labute approximate surface area is 405 Å². The summed E-state index contributed by atoms with van der Waals surface area (Å²) in [4.78, 5) is 28.5. The fraction of sp³-hybridized carbons (Fsp3) is 0.523. The zero-order valence-corrected chi connectivity index (χ0v) is 42.4. The van der Waals surface area contributed by atoms with Gasteiger partial charge < -0.3 is 40.2 Å². The van der Waals surface area contributed by atoms with Crippen LogP contribution in [0.15, 0.2) is 60.7 Å². The number of rotatable bonds is 17. The zero-order valence-electron chi connectivity index (χ0n) is 38.1. The minimum atomic E-state index is -1.99. The molecule has 5 N–H and O–H groups in total. The Bertz CT molecular complexity index is 2520. The van der Waals surface area contributed by atoms with Crippen molar-refractivity contribution in [2.24, 2.45) is 5.92 Å². The number of ether oxygens (including phenoxy) is 3. The summed E-state index contributed by atoms with van der Waals surface area (Å²) in [6, 6.07) is 19.6. The molecule has 0 bridgehead atoms. The third-order valence-corrected chi connectivity index (χ3v) is 16.8. The number of halogens is 2. The molecule has 0 amide bonds. The summed E-state index contributed by atoms with van der Waals surface area (Å²) in [5, 5.41) is 52.4. The van der Waals surface area contributed by atoms with E-state index >= 15 is 0 Å². The normalized spacial score (nSPS) is 22.2. The topological polar surface area (TPSA) is 260 Å². The van der Waals surface area contributed by atoms with Gasteiger partial charge >= 0.3 is 77.2 Å². The molecule has 4 aromatic heterocycles. The number of unbranched alkanes of at least 4 members (excludes halogenated alkanes) is 2. The van der Waals surface area contributed by atoms with E-state index in [1.165, 1.54) is 42.0 Å². The monoisotopic (exact) mass is 1070 g/mol. The van der Waals surface area contributed by atoms with Gasteiger partial charge in [0.2, 0.25) is 10.6 Å². The van der Waals surface area contributed by atoms with Crippen molar-refractivity contribution in [2.75, 3.05) is 17.2 Å². The number of benzene rings is 2. The third kappa shape index (κ3) is 13.4. The molecule has 6 heterocycles. The molecule has 2 saturated heterocycles. The van der Waals surface area contributed by atoms with E-state index in [-0.39, 0.29) is 34.2 Å². The Morgan fingerprint density at radius 2 is 1.22 bits per heavy atom. The molecule has 0 radical (unpaired) electrons. The van der Waals surface area contributed by atoms with E-state index in [0.717, 1.165) is 26.4 Å². The molecule has 0 unspecified atom stereocenters. The van der Waals surface area contributed by atoms with Gasteiger partial charge in [-0.1, -0.05) is 84.9 Å². The first-order valence-electron chi connectivity index (χ1n) is 22.5. The Morgan fingerprint density at radius 3 is 1.66 bits per heavy atom. The van der Waals surface area contributed by atoms with Crippen LogP contribution in [0.4, 0.5) is 11.6 Å². The van der Waals surface area contributed by atoms with Crippen molar-refractivity contribution < 1.29 is 37.4 Å². The number of nitrogens with one attached hydrogen (secondary N) is 2. The summed E-state index contributed by atoms with van der Waals surface area (Å²) < 4.78 is 33.4. The predicted molar refractivity (Wildman–Crippen MR) is 252 cm³/mol. The molecule has 2 fully saturated rings. The van der Waals surface area contributed by atoms with Gasteiger partial charge in [0, 0.05) is 25.9 Å². The second kappa shape index (κ2) is 25.2. The summed E-state index contributed by atoms with van der Waals surface area (Å²) in [5.74, 6) is 0.477. The molecule has 67 heavy (non-hydrogen) atoms. The summed E-state index contributed by atoms with van der Waals surface area (Å²) in [6.07, 6.45) is -0.200. The maximum absolute atomic E-state index is 11.7. The number of aromatic nitrogens is 10. The predicted octanol–water partition coefficient (Wildman–Crippen LogP) is 6.47. The fourth-order valence-corrected chi connectivity index (χ4v) is 12.9. The molecule has 0 aliphatic carbocycles. The molecule has 6 aromatic rings. The first kappa shape index (κ1) is 51.8. The van der Waals surface area contributed by atoms with Gasteiger partial charge in [0.05, 0.1) is 12.7 Å². The number of esters is 1. The van der Waals surface area contributed by atoms with E-state index < -0.39 is 63.2 Å². The van der Waals surface area contributed by atoms with Crippen LogP contribution < -0.4 is 10.6 Å². The summed E-state index contributed by atoms with van der Waals surface area (Å²) in [5.41, 5.74) is 3.58. The first-order valence-corrected chi connectivity index (χ1v) is 28.4. The van der Waals surface area contributed by atoms with E-state index in [2.05, 4.69) is 65.0 Å². The summed E-state index contributed by atoms with van der Waals surface area (Å²) >= 11 is 10.2. The van der Waals surface area contributed by atoms with Crippen LogP contribution in [-0.4, -0.2) is 128 Å². The molecule has 0 saturated carbocycles. The van der Waals surface area contributed by atoms with Crippen LogP contribution in [0.1, 0.15) is 90.3 Å². The number of aliphatic hydroxyl groups excluding tert-OH is 3. The molecule has 8 rings (SSSR count). The molecule has 360 valence electrons. The SMILES string of the molecule is CCC[CH2][Sn](=[O])[CH2]CCC.CC[C@H]1O[C@@H](n2nnc3c(NCc4ccccc4)nc(Cl)nc32)[C@H](OC(C)=O)[C@@H]1C.OC[C@H]1O[C@@H](n2nnc3c(NCc4ccccc4)nc(Cl)nc32)[C@H](O)[C@@H]1O. The summed E-state index contributed by atoms with van der Waals surface area (Å²) in [6.45, 7) is 10.3. The van der Waals surface area contributed by atoms with Crippen LogP contribution in [-0.2, 0) is 35.2 Å². The van der Waals surface area contributed by atoms with Gasteiger partial charge in [0.1, 0.15) is 18.3 Å². The molecule has 8 atom stereocenters. The van der Waals surface area contributed by atoms with Crippen molar-refractivity contribution in [3.8, 4) is 0 Å². The minimum Gasteiger partial charge on any atom is -0.457 e. The number of anilines is 2. The number of carbonyl (C=O) groups excluding carboxylic acids is 1. The van der Waals surface area contributed by atoms with E-state index in [1.54, 1.807) is 0 Å². The number of fused-ring (bicyclic) bond motifs is 2. The van der Waals surface area contributed by atoms with Gasteiger partial charge in [0.15, 0.2) is 52.5 Å². The average Bonchev–Trinajstić information content (AvgIpc) is 4.10. The smallest absolute Gasteiger partial charge is 0.303 e. The maximum atomic E-state index is 11.7. The van der Waals surface area contributed by atoms with Crippen molar-refractivity contribution in [3.05, 3.63) is 82.4 Å². The van der Waals surface area contributed by atoms with Crippen molar-refractivity contribution in [2.45, 2.75) is 132 Å². The van der Waals surface area contributed by atoms with Gasteiger partial charge in [-0.15, -0.1) is 10.2 Å². The third-order valence-electron chi connectivity index (χ3n) is 11.2. The van der Waals surface area contributed by atoms with Crippen molar-refractivity contribution >= 4 is 82.9 Å². The Kier molecular flexibility index (Phi) is 19.5. The number of nitrogens with zero attached hydrogens (tertiary/aromatic N) is 10. The number of aliphatic hydroxyl groups is 3. The molecular weight excluding hydrogens is 1010 g/mol. The van der Waals surface area contributed by atoms with Crippen LogP contribution >= 0.6 is 23.2 Å². The number of hydrogen-bond donors (Lipinski definition) is 5.